The molecule has 0 N–H and O–H groups in total. The molecule has 1 aliphatic rings. The fraction of sp³-hybridized carbons (Fsp3) is 0.556. The first kappa shape index (κ1) is 11.1. The summed E-state index contributed by atoms with van der Waals surface area (Å²) in [6.07, 6.45) is 2.84. The van der Waals surface area contributed by atoms with Gasteiger partial charge in [-0.25, -0.2) is 13.4 Å². The molecule has 0 amide bonds. The van der Waals surface area contributed by atoms with Crippen molar-refractivity contribution >= 4 is 15.8 Å². The van der Waals surface area contributed by atoms with Gasteiger partial charge in [-0.3, -0.25) is 0 Å². The van der Waals surface area contributed by atoms with Gasteiger partial charge in [0.1, 0.15) is 0 Å². The van der Waals surface area contributed by atoms with Crippen LogP contribution in [0.5, 0.6) is 5.88 Å². The molecule has 0 unspecified atom stereocenters. The Hall–Kier alpha value is -1.37. The van der Waals surface area contributed by atoms with Crippen LogP contribution in [0.4, 0.5) is 5.95 Å². The number of nitrogens with zero attached hydrogens (tertiary/aromatic N) is 3. The van der Waals surface area contributed by atoms with E-state index >= 15 is 0 Å². The highest BCUT2D eigenvalue weighted by molar-refractivity contribution is 7.91. The van der Waals surface area contributed by atoms with Crippen LogP contribution < -0.4 is 9.64 Å². The standard InChI is InChI=1S/C9H13N3O3S/c1-15-8-3-4-10-9(11-8)12-5-7(6-12)16(2,13)14/h3-4,7H,5-6H2,1-2H3. The van der Waals surface area contributed by atoms with E-state index in [4.69, 9.17) is 4.74 Å². The monoisotopic (exact) mass is 243 g/mol. The van der Waals surface area contributed by atoms with Crippen molar-refractivity contribution in [3.63, 3.8) is 0 Å². The minimum absolute atomic E-state index is 0.303. The third kappa shape index (κ3) is 2.08. The predicted octanol–water partition coefficient (Wildman–Crippen LogP) is -0.282. The van der Waals surface area contributed by atoms with Crippen molar-refractivity contribution in [3.8, 4) is 5.88 Å². The molecule has 0 aromatic carbocycles. The number of hydrogen-bond donors (Lipinski definition) is 0. The zero-order valence-corrected chi connectivity index (χ0v) is 9.94. The summed E-state index contributed by atoms with van der Waals surface area (Å²) in [4.78, 5) is 10.0. The van der Waals surface area contributed by atoms with E-state index in [0.29, 0.717) is 24.9 Å². The van der Waals surface area contributed by atoms with Crippen LogP contribution in [0.25, 0.3) is 0 Å². The number of hydrogen-bond acceptors (Lipinski definition) is 6. The Balaban J connectivity index is 2.06. The maximum Gasteiger partial charge on any atom is 0.228 e. The lowest BCUT2D eigenvalue weighted by atomic mass is 10.2. The quantitative estimate of drug-likeness (QED) is 0.727. The molecule has 16 heavy (non-hydrogen) atoms. The molecule has 2 heterocycles. The Morgan fingerprint density at radius 1 is 1.50 bits per heavy atom. The first-order valence-electron chi connectivity index (χ1n) is 4.81. The van der Waals surface area contributed by atoms with Crippen molar-refractivity contribution in [2.45, 2.75) is 5.25 Å². The molecule has 0 aliphatic carbocycles. The molecule has 1 aromatic rings. The molecule has 88 valence electrons. The van der Waals surface area contributed by atoms with Gasteiger partial charge in [0.15, 0.2) is 9.84 Å². The zero-order chi connectivity index (χ0) is 11.8. The summed E-state index contributed by atoms with van der Waals surface area (Å²) in [6, 6.07) is 1.65. The van der Waals surface area contributed by atoms with Crippen LogP contribution >= 0.6 is 0 Å². The van der Waals surface area contributed by atoms with Gasteiger partial charge in [0.25, 0.3) is 0 Å². The number of aromatic nitrogens is 2. The van der Waals surface area contributed by atoms with Gasteiger partial charge in [0.2, 0.25) is 11.8 Å². The van der Waals surface area contributed by atoms with Crippen molar-refractivity contribution < 1.29 is 13.2 Å². The number of ether oxygens (including phenoxy) is 1. The van der Waals surface area contributed by atoms with Gasteiger partial charge in [-0.2, -0.15) is 4.98 Å². The average Bonchev–Trinajstić information content (AvgIpc) is 2.13. The summed E-state index contributed by atoms with van der Waals surface area (Å²) < 4.78 is 27.4. The lowest BCUT2D eigenvalue weighted by molar-refractivity contribution is 0.395. The van der Waals surface area contributed by atoms with Gasteiger partial charge in [-0.15, -0.1) is 0 Å². The molecule has 6 nitrogen and oxygen atoms in total. The maximum atomic E-state index is 11.2. The molecular formula is C9H13N3O3S. The van der Waals surface area contributed by atoms with Crippen molar-refractivity contribution in [2.75, 3.05) is 31.4 Å². The van der Waals surface area contributed by atoms with Crippen LogP contribution in [-0.4, -0.2) is 50.1 Å². The number of anilines is 1. The highest BCUT2D eigenvalue weighted by atomic mass is 32.2. The minimum atomic E-state index is -2.95. The molecule has 0 radical (unpaired) electrons. The van der Waals surface area contributed by atoms with E-state index in [2.05, 4.69) is 9.97 Å². The Kier molecular flexibility index (Phi) is 2.71. The van der Waals surface area contributed by atoms with Crippen LogP contribution in [0.3, 0.4) is 0 Å². The van der Waals surface area contributed by atoms with Crippen LogP contribution in [0.1, 0.15) is 0 Å². The van der Waals surface area contributed by atoms with E-state index in [-0.39, 0.29) is 5.25 Å². The van der Waals surface area contributed by atoms with E-state index < -0.39 is 9.84 Å². The van der Waals surface area contributed by atoms with E-state index in [0.717, 1.165) is 0 Å². The van der Waals surface area contributed by atoms with Crippen molar-refractivity contribution in [1.29, 1.82) is 0 Å². The number of sulfone groups is 1. The summed E-state index contributed by atoms with van der Waals surface area (Å²) in [5.74, 6) is 0.993. The third-order valence-corrected chi connectivity index (χ3v) is 4.07. The van der Waals surface area contributed by atoms with Crippen molar-refractivity contribution in [3.05, 3.63) is 12.3 Å². The maximum absolute atomic E-state index is 11.2. The van der Waals surface area contributed by atoms with Crippen LogP contribution in [0, 0.1) is 0 Å². The average molecular weight is 243 g/mol. The molecule has 1 fully saturated rings. The fourth-order valence-corrected chi connectivity index (χ4v) is 2.37. The Bertz CT molecular complexity index is 483. The van der Waals surface area contributed by atoms with Crippen LogP contribution in [-0.2, 0) is 9.84 Å². The van der Waals surface area contributed by atoms with E-state index in [1.54, 1.807) is 12.3 Å². The molecule has 1 saturated heterocycles. The molecule has 1 aromatic heterocycles. The largest absolute Gasteiger partial charge is 0.481 e. The third-order valence-electron chi connectivity index (χ3n) is 2.56. The normalized spacial score (nSPS) is 17.0. The van der Waals surface area contributed by atoms with Gasteiger partial charge < -0.3 is 9.64 Å². The lowest BCUT2D eigenvalue weighted by Crippen LogP contribution is -2.55. The second kappa shape index (κ2) is 3.89. The SMILES string of the molecule is COc1ccnc(N2CC(S(C)(=O)=O)C2)n1. The predicted molar refractivity (Wildman–Crippen MR) is 59.4 cm³/mol. The lowest BCUT2D eigenvalue weighted by Gasteiger charge is -2.37. The topological polar surface area (TPSA) is 72.4 Å². The minimum Gasteiger partial charge on any atom is -0.481 e. The fourth-order valence-electron chi connectivity index (χ4n) is 1.47. The summed E-state index contributed by atoms with van der Waals surface area (Å²) in [5.41, 5.74) is 0. The first-order valence-corrected chi connectivity index (χ1v) is 6.77. The smallest absolute Gasteiger partial charge is 0.228 e. The summed E-state index contributed by atoms with van der Waals surface area (Å²) in [7, 11) is -1.42. The van der Waals surface area contributed by atoms with E-state index in [1.807, 2.05) is 4.90 Å². The molecule has 7 heteroatoms. The van der Waals surface area contributed by atoms with E-state index in [1.165, 1.54) is 13.4 Å². The van der Waals surface area contributed by atoms with Gasteiger partial charge in [0.05, 0.1) is 12.4 Å². The Labute approximate surface area is 94.2 Å². The van der Waals surface area contributed by atoms with Crippen LogP contribution in [0.2, 0.25) is 0 Å². The molecule has 0 bridgehead atoms. The highest BCUT2D eigenvalue weighted by Gasteiger charge is 2.35. The molecule has 2 rings (SSSR count). The van der Waals surface area contributed by atoms with Gasteiger partial charge >= 0.3 is 0 Å². The van der Waals surface area contributed by atoms with Crippen molar-refractivity contribution in [2.24, 2.45) is 0 Å². The van der Waals surface area contributed by atoms with Gasteiger partial charge in [-0.1, -0.05) is 0 Å². The van der Waals surface area contributed by atoms with Crippen molar-refractivity contribution in [1.82, 2.24) is 9.97 Å². The Morgan fingerprint density at radius 3 is 2.75 bits per heavy atom. The first-order chi connectivity index (χ1) is 7.50. The molecular weight excluding hydrogens is 230 g/mol. The zero-order valence-electron chi connectivity index (χ0n) is 9.12. The second-order valence-electron chi connectivity index (χ2n) is 3.76. The molecule has 0 saturated carbocycles. The summed E-state index contributed by atoms with van der Waals surface area (Å²) in [6.45, 7) is 0.901. The summed E-state index contributed by atoms with van der Waals surface area (Å²) >= 11 is 0. The molecule has 1 aliphatic heterocycles. The van der Waals surface area contributed by atoms with Gasteiger partial charge in [0, 0.05) is 31.6 Å². The van der Waals surface area contributed by atoms with Gasteiger partial charge in [-0.05, 0) is 0 Å². The van der Waals surface area contributed by atoms with Crippen LogP contribution in [0.15, 0.2) is 12.3 Å². The van der Waals surface area contributed by atoms with E-state index in [9.17, 15) is 8.42 Å². The molecule has 0 spiro atoms. The molecule has 0 atom stereocenters. The number of methoxy groups -OCH3 is 1. The summed E-state index contributed by atoms with van der Waals surface area (Å²) in [5, 5.41) is -0.303. The second-order valence-corrected chi connectivity index (χ2v) is 6.08. The highest BCUT2D eigenvalue weighted by Crippen LogP contribution is 2.21. The Morgan fingerprint density at radius 2 is 2.19 bits per heavy atom. The number of rotatable bonds is 3.